The van der Waals surface area contributed by atoms with Crippen molar-refractivity contribution in [1.29, 1.82) is 0 Å². The Morgan fingerprint density at radius 2 is 1.54 bits per heavy atom. The topological polar surface area (TPSA) is 50.2 Å². The summed E-state index contributed by atoms with van der Waals surface area (Å²) in [7, 11) is -0.453. The van der Waals surface area contributed by atoms with Crippen LogP contribution in [0.15, 0.2) is 90.8 Å². The van der Waals surface area contributed by atoms with Crippen LogP contribution in [-0.2, 0) is 25.9 Å². The molecule has 2 aliphatic rings. The fourth-order valence-electron chi connectivity index (χ4n) is 3.90. The van der Waals surface area contributed by atoms with Crippen LogP contribution in [-0.4, -0.2) is 45.8 Å². The van der Waals surface area contributed by atoms with Gasteiger partial charge in [-0.2, -0.15) is 0 Å². The van der Waals surface area contributed by atoms with Crippen LogP contribution in [0.3, 0.4) is 0 Å². The molecule has 35 heavy (non-hydrogen) atoms. The van der Waals surface area contributed by atoms with Crippen LogP contribution in [0.5, 0.6) is 0 Å². The predicted octanol–water partition coefficient (Wildman–Crippen LogP) is 1.28. The van der Waals surface area contributed by atoms with Crippen molar-refractivity contribution in [2.45, 2.75) is 13.8 Å². The molecule has 1 atom stereocenters. The average molecular weight is 787 g/mol. The van der Waals surface area contributed by atoms with E-state index < -0.39 is 7.92 Å². The number of hydrogen-bond donors (Lipinski definition) is 1. The van der Waals surface area contributed by atoms with E-state index in [1.807, 2.05) is 12.3 Å². The molecule has 1 unspecified atom stereocenters. The zero-order valence-corrected chi connectivity index (χ0v) is 25.6. The van der Waals surface area contributed by atoms with Crippen molar-refractivity contribution >= 4 is 77.4 Å². The molecule has 3 aromatic carbocycles. The van der Waals surface area contributed by atoms with Gasteiger partial charge < -0.3 is 5.11 Å². The number of aliphatic hydroxyl groups is 1. The Labute approximate surface area is 233 Å². The molecular formula is C28H21NO2PPtSe2-. The van der Waals surface area contributed by atoms with Gasteiger partial charge in [0.2, 0.25) is 0 Å². The number of ketones is 1. The Kier molecular flexibility index (Phi) is 8.62. The van der Waals surface area contributed by atoms with Gasteiger partial charge in [0.1, 0.15) is 0 Å². The molecule has 0 radical (unpaired) electrons. The molecule has 0 saturated heterocycles. The first-order valence-electron chi connectivity index (χ1n) is 10.7. The first-order chi connectivity index (χ1) is 16.5. The molecule has 3 heterocycles. The predicted molar refractivity (Wildman–Crippen MR) is 144 cm³/mol. The van der Waals surface area contributed by atoms with Crippen molar-refractivity contribution in [1.82, 2.24) is 4.98 Å². The van der Waals surface area contributed by atoms with Crippen molar-refractivity contribution in [3.63, 3.8) is 0 Å². The van der Waals surface area contributed by atoms with Crippen molar-refractivity contribution in [2.75, 3.05) is 0 Å². The molecule has 0 saturated carbocycles. The number of benzene rings is 3. The summed E-state index contributed by atoms with van der Waals surface area (Å²) in [5.41, 5.74) is 2.19. The van der Waals surface area contributed by atoms with Gasteiger partial charge in [0, 0.05) is 27.1 Å². The van der Waals surface area contributed by atoms with E-state index in [2.05, 4.69) is 77.8 Å². The molecule has 0 bridgehead atoms. The second kappa shape index (κ2) is 11.5. The molecule has 0 amide bonds. The Morgan fingerprint density at radius 3 is 2.11 bits per heavy atom. The SMILES string of the molecule is CC(=O)/C=C(/C)O.[Pt].[c-]1c(-c2ccccn2)cc2c3c1[Se]c1ccccc1P3c1ccccc1[Se]2. The number of aliphatic hydroxyl groups excluding tert-OH is 1. The van der Waals surface area contributed by atoms with E-state index in [0.717, 1.165) is 11.3 Å². The van der Waals surface area contributed by atoms with E-state index in [1.54, 1.807) is 15.9 Å². The van der Waals surface area contributed by atoms with Crippen LogP contribution < -0.4 is 33.8 Å². The summed E-state index contributed by atoms with van der Waals surface area (Å²) in [6.07, 6.45) is 3.04. The van der Waals surface area contributed by atoms with E-state index in [-0.39, 0.29) is 32.6 Å². The number of pyridine rings is 1. The molecule has 0 spiro atoms. The summed E-state index contributed by atoms with van der Waals surface area (Å²) in [5.74, 6) is -0.0625. The van der Waals surface area contributed by atoms with Crippen LogP contribution in [0.4, 0.5) is 0 Å². The molecule has 1 aromatic heterocycles. The molecule has 7 heteroatoms. The standard InChI is InChI=1S/C23H13NPSe2.C5H8O2.Pt/c1-3-10-19-17(8-1)25-18-9-2-4-11-20(18)27-22-14-15(13-21(26-19)23(22)25)16-7-5-6-12-24-16;1-4(6)3-5(2)7;/h1-13H;3,6H,1-2H3;/q-1;;/b;4-3-;. The summed E-state index contributed by atoms with van der Waals surface area (Å²) >= 11 is 0.660. The second-order valence-electron chi connectivity index (χ2n) is 7.81. The fourth-order valence-corrected chi connectivity index (χ4v) is 13.7. The molecule has 2 aliphatic heterocycles. The summed E-state index contributed by atoms with van der Waals surface area (Å²) < 4.78 is 6.05. The van der Waals surface area contributed by atoms with E-state index in [0.29, 0.717) is 29.9 Å². The van der Waals surface area contributed by atoms with Crippen LogP contribution in [0, 0.1) is 6.07 Å². The number of fused-ring (bicyclic) bond motifs is 4. The number of carbonyl (C=O) groups excluding carboxylic acids is 1. The number of rotatable bonds is 2. The summed E-state index contributed by atoms with van der Waals surface area (Å²) in [4.78, 5) is 14.6. The van der Waals surface area contributed by atoms with Gasteiger partial charge >= 0.3 is 173 Å². The Morgan fingerprint density at radius 1 is 0.914 bits per heavy atom. The van der Waals surface area contributed by atoms with Gasteiger partial charge in [-0.15, -0.1) is 0 Å². The van der Waals surface area contributed by atoms with Gasteiger partial charge in [0.05, 0.1) is 5.76 Å². The quantitative estimate of drug-likeness (QED) is 0.0948. The van der Waals surface area contributed by atoms with E-state index in [4.69, 9.17) is 5.11 Å². The van der Waals surface area contributed by atoms with Crippen LogP contribution in [0.1, 0.15) is 13.8 Å². The first kappa shape index (κ1) is 26.2. The normalized spacial score (nSPS) is 14.8. The number of hydrogen-bond acceptors (Lipinski definition) is 3. The third-order valence-electron chi connectivity index (χ3n) is 5.19. The summed E-state index contributed by atoms with van der Waals surface area (Å²) in [6.45, 7) is 2.85. The third-order valence-corrected chi connectivity index (χ3v) is 13.8. The van der Waals surface area contributed by atoms with Gasteiger partial charge in [0.15, 0.2) is 5.78 Å². The fraction of sp³-hybridized carbons (Fsp3) is 0.0714. The van der Waals surface area contributed by atoms with Crippen LogP contribution in [0.2, 0.25) is 0 Å². The van der Waals surface area contributed by atoms with Crippen molar-refractivity contribution in [3.8, 4) is 11.3 Å². The van der Waals surface area contributed by atoms with Gasteiger partial charge in [-0.25, -0.2) is 0 Å². The molecule has 6 rings (SSSR count). The van der Waals surface area contributed by atoms with Gasteiger partial charge in [0.25, 0.3) is 0 Å². The second-order valence-corrected chi connectivity index (χ2v) is 14.4. The van der Waals surface area contributed by atoms with Gasteiger partial charge in [-0.05, 0) is 13.8 Å². The summed E-state index contributed by atoms with van der Waals surface area (Å²) in [5, 5.41) is 13.1. The van der Waals surface area contributed by atoms with Crippen molar-refractivity contribution in [3.05, 3.63) is 96.9 Å². The molecule has 178 valence electrons. The number of carbonyl (C=O) groups is 1. The van der Waals surface area contributed by atoms with Crippen molar-refractivity contribution < 1.29 is 31.0 Å². The molecular weight excluding hydrogens is 766 g/mol. The number of allylic oxidation sites excluding steroid dienone is 2. The number of aromatic nitrogens is 1. The Bertz CT molecular complexity index is 1350. The van der Waals surface area contributed by atoms with E-state index in [1.165, 1.54) is 37.8 Å². The molecule has 4 aromatic rings. The Hall–Kier alpha value is -1.82. The molecule has 0 aliphatic carbocycles. The van der Waals surface area contributed by atoms with Crippen LogP contribution in [0.25, 0.3) is 11.3 Å². The van der Waals surface area contributed by atoms with Crippen molar-refractivity contribution in [2.24, 2.45) is 0 Å². The summed E-state index contributed by atoms with van der Waals surface area (Å²) in [6, 6.07) is 30.5. The molecule has 0 fully saturated rings. The zero-order chi connectivity index (χ0) is 23.7. The monoisotopic (exact) mass is 789 g/mol. The maximum absolute atomic E-state index is 10.0. The minimum atomic E-state index is -0.453. The third kappa shape index (κ3) is 5.62. The first-order valence-corrected chi connectivity index (χ1v) is 15.5. The zero-order valence-electron chi connectivity index (χ0n) is 19.0. The molecule has 1 N–H and O–H groups in total. The minimum absolute atomic E-state index is 0. The molecule has 3 nitrogen and oxygen atoms in total. The number of nitrogens with zero attached hydrogens (tertiary/aromatic N) is 1. The Balaban J connectivity index is 0.000000320. The van der Waals surface area contributed by atoms with Gasteiger partial charge in [-0.1, -0.05) is 0 Å². The van der Waals surface area contributed by atoms with E-state index >= 15 is 0 Å². The average Bonchev–Trinajstić information content (AvgIpc) is 2.83. The maximum atomic E-state index is 10.0. The van der Waals surface area contributed by atoms with Crippen LogP contribution >= 0.6 is 7.92 Å². The van der Waals surface area contributed by atoms with Gasteiger partial charge in [-0.3, -0.25) is 4.79 Å². The van der Waals surface area contributed by atoms with E-state index in [9.17, 15) is 4.79 Å².